The van der Waals surface area contributed by atoms with E-state index >= 15 is 0 Å². The van der Waals surface area contributed by atoms with Crippen LogP contribution in [0, 0.1) is 18.3 Å². The van der Waals surface area contributed by atoms with Gasteiger partial charge < -0.3 is 10.1 Å². The molecule has 0 spiro atoms. The van der Waals surface area contributed by atoms with Crippen molar-refractivity contribution in [3.8, 4) is 6.07 Å². The van der Waals surface area contributed by atoms with Crippen molar-refractivity contribution in [3.05, 3.63) is 88.4 Å². The predicted molar refractivity (Wildman–Crippen MR) is 144 cm³/mol. The summed E-state index contributed by atoms with van der Waals surface area (Å²) < 4.78 is 2.21. The standard InChI is InChI=1S/C26H23IN4OS/c1-3-17-11-15(2)24-23(19(14-31(24)33-27)18-7-5-4-6-8-18)22(17)25(32)26-29-20-10-9-16(13-28)12-21(20)30-26/h4-7,9-12,14,18,25,32H,3,8H2,1-2H3,(H,29,30). The van der Waals surface area contributed by atoms with Crippen molar-refractivity contribution >= 4 is 52.3 Å². The molecule has 33 heavy (non-hydrogen) atoms. The minimum absolute atomic E-state index is 0.258. The Balaban J connectivity index is 1.76. The number of hydrogen-bond donors (Lipinski definition) is 2. The molecule has 2 aromatic heterocycles. The van der Waals surface area contributed by atoms with Gasteiger partial charge in [-0.15, -0.1) is 0 Å². The molecule has 2 heterocycles. The lowest BCUT2D eigenvalue weighted by Crippen LogP contribution is -2.08. The first-order chi connectivity index (χ1) is 16.0. The number of nitrogens with one attached hydrogen (secondary N) is 1. The summed E-state index contributed by atoms with van der Waals surface area (Å²) in [5.74, 6) is 0.758. The number of aliphatic hydroxyl groups excluding tert-OH is 1. The number of halogens is 1. The molecule has 166 valence electrons. The van der Waals surface area contributed by atoms with Gasteiger partial charge in [0.25, 0.3) is 0 Å². The fourth-order valence-electron chi connectivity index (χ4n) is 4.84. The summed E-state index contributed by atoms with van der Waals surface area (Å²) >= 11 is 2.32. The number of imidazole rings is 1. The van der Waals surface area contributed by atoms with E-state index in [-0.39, 0.29) is 5.92 Å². The molecule has 0 aliphatic heterocycles. The molecular formula is C26H23IN4OS. The number of aryl methyl sites for hydroxylation is 2. The number of benzene rings is 2. The van der Waals surface area contributed by atoms with Gasteiger partial charge in [0.2, 0.25) is 0 Å². The first kappa shape index (κ1) is 22.3. The van der Waals surface area contributed by atoms with E-state index in [4.69, 9.17) is 0 Å². The van der Waals surface area contributed by atoms with Crippen molar-refractivity contribution in [2.24, 2.45) is 0 Å². The van der Waals surface area contributed by atoms with Crippen LogP contribution in [0.5, 0.6) is 0 Å². The molecule has 0 bridgehead atoms. The van der Waals surface area contributed by atoms with Crippen LogP contribution in [0.2, 0.25) is 0 Å². The Morgan fingerprint density at radius 1 is 1.36 bits per heavy atom. The van der Waals surface area contributed by atoms with Crippen LogP contribution in [0.15, 0.2) is 54.8 Å². The molecular weight excluding hydrogens is 543 g/mol. The second-order valence-corrected chi connectivity index (χ2v) is 10.1. The van der Waals surface area contributed by atoms with Crippen molar-refractivity contribution in [2.45, 2.75) is 38.7 Å². The first-order valence-electron chi connectivity index (χ1n) is 10.9. The summed E-state index contributed by atoms with van der Waals surface area (Å²) in [7, 11) is 1.64. The average molecular weight is 566 g/mol. The minimum atomic E-state index is -0.905. The van der Waals surface area contributed by atoms with E-state index in [1.54, 1.807) is 21.3 Å². The quantitative estimate of drug-likeness (QED) is 0.261. The highest BCUT2D eigenvalue weighted by Gasteiger charge is 2.27. The number of aromatic amines is 1. The lowest BCUT2D eigenvalue weighted by Gasteiger charge is -2.20. The smallest absolute Gasteiger partial charge is 0.140 e. The van der Waals surface area contributed by atoms with E-state index in [0.29, 0.717) is 11.4 Å². The van der Waals surface area contributed by atoms with E-state index < -0.39 is 6.10 Å². The zero-order chi connectivity index (χ0) is 23.1. The number of aromatic nitrogens is 3. The fraction of sp³-hybridized carbons (Fsp3) is 0.231. The molecule has 0 saturated heterocycles. The molecule has 0 radical (unpaired) electrons. The van der Waals surface area contributed by atoms with Crippen molar-refractivity contribution in [2.75, 3.05) is 0 Å². The van der Waals surface area contributed by atoms with Crippen LogP contribution in [0.1, 0.15) is 59.0 Å². The molecule has 0 saturated carbocycles. The molecule has 2 N–H and O–H groups in total. The van der Waals surface area contributed by atoms with Crippen molar-refractivity contribution in [1.29, 1.82) is 5.26 Å². The van der Waals surface area contributed by atoms with Crippen LogP contribution >= 0.6 is 30.3 Å². The van der Waals surface area contributed by atoms with E-state index in [1.165, 1.54) is 11.1 Å². The molecule has 0 amide bonds. The van der Waals surface area contributed by atoms with Crippen LogP contribution in [-0.4, -0.2) is 19.0 Å². The Morgan fingerprint density at radius 3 is 2.91 bits per heavy atom. The lowest BCUT2D eigenvalue weighted by molar-refractivity contribution is 0.212. The number of fused-ring (bicyclic) bond motifs is 2. The molecule has 2 atom stereocenters. The number of H-pyrrole nitrogens is 1. The van der Waals surface area contributed by atoms with Gasteiger partial charge in [0.05, 0.1) is 28.2 Å². The maximum Gasteiger partial charge on any atom is 0.140 e. The van der Waals surface area contributed by atoms with Crippen LogP contribution < -0.4 is 0 Å². The minimum Gasteiger partial charge on any atom is -0.380 e. The molecule has 2 unspecified atom stereocenters. The van der Waals surface area contributed by atoms with Crippen LogP contribution in [-0.2, 0) is 6.42 Å². The van der Waals surface area contributed by atoms with Gasteiger partial charge in [0, 0.05) is 53.4 Å². The van der Waals surface area contributed by atoms with Gasteiger partial charge in [-0.3, -0.25) is 3.97 Å². The normalized spacial score (nSPS) is 16.5. The number of nitrogens with zero attached hydrogens (tertiary/aromatic N) is 3. The zero-order valence-corrected chi connectivity index (χ0v) is 21.3. The maximum atomic E-state index is 11.7. The van der Waals surface area contributed by atoms with Gasteiger partial charge in [-0.2, -0.15) is 5.26 Å². The Hall–Kier alpha value is -2.54. The summed E-state index contributed by atoms with van der Waals surface area (Å²) in [5, 5.41) is 22.1. The Morgan fingerprint density at radius 2 is 2.21 bits per heavy atom. The topological polar surface area (TPSA) is 77.6 Å². The summed E-state index contributed by atoms with van der Waals surface area (Å²) in [4.78, 5) is 7.95. The van der Waals surface area contributed by atoms with Crippen molar-refractivity contribution < 1.29 is 5.11 Å². The molecule has 0 fully saturated rings. The lowest BCUT2D eigenvalue weighted by atomic mass is 9.86. The highest BCUT2D eigenvalue weighted by molar-refractivity contribution is 14.2. The third-order valence-electron chi connectivity index (χ3n) is 6.38. The monoisotopic (exact) mass is 566 g/mol. The molecule has 5 rings (SSSR count). The van der Waals surface area contributed by atoms with Gasteiger partial charge in [-0.1, -0.05) is 37.3 Å². The van der Waals surface area contributed by atoms with Gasteiger partial charge in [0.1, 0.15) is 11.9 Å². The summed E-state index contributed by atoms with van der Waals surface area (Å²) in [6.07, 6.45) is 11.7. The summed E-state index contributed by atoms with van der Waals surface area (Å²) in [6, 6.07) is 9.70. The Kier molecular flexibility index (Phi) is 6.08. The number of aliphatic hydroxyl groups is 1. The number of nitriles is 1. The van der Waals surface area contributed by atoms with E-state index in [9.17, 15) is 10.4 Å². The second-order valence-electron chi connectivity index (χ2n) is 8.35. The third kappa shape index (κ3) is 3.80. The average Bonchev–Trinajstić information content (AvgIpc) is 3.45. The van der Waals surface area contributed by atoms with Crippen molar-refractivity contribution in [3.63, 3.8) is 0 Å². The van der Waals surface area contributed by atoms with Crippen LogP contribution in [0.3, 0.4) is 0 Å². The van der Waals surface area contributed by atoms with E-state index in [1.807, 2.05) is 6.07 Å². The van der Waals surface area contributed by atoms with Crippen LogP contribution in [0.25, 0.3) is 21.9 Å². The van der Waals surface area contributed by atoms with Gasteiger partial charge >= 0.3 is 0 Å². The number of hydrogen-bond acceptors (Lipinski definition) is 4. The van der Waals surface area contributed by atoms with Gasteiger partial charge in [-0.25, -0.2) is 4.98 Å². The maximum absolute atomic E-state index is 11.7. The Labute approximate surface area is 208 Å². The molecule has 7 heteroatoms. The van der Waals surface area contributed by atoms with Crippen molar-refractivity contribution in [1.82, 2.24) is 13.9 Å². The molecule has 1 aliphatic carbocycles. The summed E-state index contributed by atoms with van der Waals surface area (Å²) in [6.45, 7) is 4.27. The third-order valence-corrected chi connectivity index (χ3v) is 8.09. The summed E-state index contributed by atoms with van der Waals surface area (Å²) in [5.41, 5.74) is 7.67. The molecule has 5 nitrogen and oxygen atoms in total. The molecule has 2 aromatic carbocycles. The molecule has 1 aliphatic rings. The fourth-order valence-corrected chi connectivity index (χ4v) is 6.23. The second kappa shape index (κ2) is 9.01. The number of allylic oxidation sites excluding steroid dienone is 4. The first-order valence-corrected chi connectivity index (χ1v) is 14.2. The van der Waals surface area contributed by atoms with E-state index in [0.717, 1.165) is 45.9 Å². The Bertz CT molecular complexity index is 1470. The highest BCUT2D eigenvalue weighted by Crippen LogP contribution is 2.43. The van der Waals surface area contributed by atoms with Gasteiger partial charge in [-0.05, 0) is 54.7 Å². The SMILES string of the molecule is CCc1cc(C)c2c(c(C3C=CC=CC3)cn2SI)c1C(O)c1nc2ccc(C#N)cc2[nH]1. The zero-order valence-electron chi connectivity index (χ0n) is 18.3. The molecule has 4 aromatic rings. The largest absolute Gasteiger partial charge is 0.380 e. The van der Waals surface area contributed by atoms with Crippen LogP contribution in [0.4, 0.5) is 0 Å². The van der Waals surface area contributed by atoms with Gasteiger partial charge in [0.15, 0.2) is 0 Å². The number of rotatable bonds is 5. The highest BCUT2D eigenvalue weighted by atomic mass is 127. The van der Waals surface area contributed by atoms with E-state index in [2.05, 4.69) is 91.6 Å². The predicted octanol–water partition coefficient (Wildman–Crippen LogP) is 6.79.